The first-order chi connectivity index (χ1) is 8.11. The van der Waals surface area contributed by atoms with E-state index in [0.29, 0.717) is 0 Å². The zero-order chi connectivity index (χ0) is 13.8. The van der Waals surface area contributed by atoms with E-state index in [4.69, 9.17) is 10.5 Å². The summed E-state index contributed by atoms with van der Waals surface area (Å²) in [5, 5.41) is 0. The fraction of sp³-hybridized carbons (Fsp3) is 0.625. The van der Waals surface area contributed by atoms with Gasteiger partial charge in [0.05, 0.1) is 6.04 Å². The van der Waals surface area contributed by atoms with Crippen molar-refractivity contribution in [1.29, 1.82) is 0 Å². The van der Waals surface area contributed by atoms with Gasteiger partial charge >= 0.3 is 0 Å². The van der Waals surface area contributed by atoms with E-state index in [9.17, 15) is 0 Å². The molecule has 0 saturated carbocycles. The highest BCUT2D eigenvalue weighted by Gasteiger charge is 2.60. The van der Waals surface area contributed by atoms with E-state index in [2.05, 4.69) is 47.6 Å². The molecule has 2 rings (SSSR count). The first-order valence-electron chi connectivity index (χ1n) is 6.65. The van der Waals surface area contributed by atoms with E-state index in [1.165, 1.54) is 0 Å². The maximum absolute atomic E-state index is 6.57. The third kappa shape index (κ3) is 1.58. The van der Waals surface area contributed by atoms with Gasteiger partial charge in [-0.3, -0.25) is 0 Å². The van der Waals surface area contributed by atoms with Crippen molar-refractivity contribution in [2.45, 2.75) is 53.2 Å². The molecule has 0 bridgehead atoms. The highest BCUT2D eigenvalue weighted by molar-refractivity contribution is 5.44. The van der Waals surface area contributed by atoms with Gasteiger partial charge in [0.15, 0.2) is 0 Å². The third-order valence-corrected chi connectivity index (χ3v) is 4.19. The van der Waals surface area contributed by atoms with Crippen molar-refractivity contribution in [3.63, 3.8) is 0 Å². The van der Waals surface area contributed by atoms with Crippen molar-refractivity contribution in [2.75, 3.05) is 0 Å². The highest BCUT2D eigenvalue weighted by atomic mass is 16.5. The number of nitrogens with two attached hydrogens (primary N) is 1. The van der Waals surface area contributed by atoms with Crippen LogP contribution >= 0.6 is 0 Å². The molecule has 1 atom stereocenters. The lowest BCUT2D eigenvalue weighted by atomic mass is 9.59. The molecule has 0 unspecified atom stereocenters. The van der Waals surface area contributed by atoms with Gasteiger partial charge in [0.25, 0.3) is 0 Å². The summed E-state index contributed by atoms with van der Waals surface area (Å²) in [6.45, 7) is 13.3. The van der Waals surface area contributed by atoms with Crippen molar-refractivity contribution in [2.24, 2.45) is 16.6 Å². The molecule has 2 nitrogen and oxygen atoms in total. The molecule has 1 heterocycles. The minimum absolute atomic E-state index is 0.0380. The van der Waals surface area contributed by atoms with E-state index in [-0.39, 0.29) is 22.5 Å². The highest BCUT2D eigenvalue weighted by Crippen LogP contribution is 2.58. The summed E-state index contributed by atoms with van der Waals surface area (Å²) in [5.74, 6) is 0.940. The second-order valence-electron chi connectivity index (χ2n) is 7.35. The van der Waals surface area contributed by atoms with Gasteiger partial charge in [0, 0.05) is 16.4 Å². The third-order valence-electron chi connectivity index (χ3n) is 4.19. The predicted octanol–water partition coefficient (Wildman–Crippen LogP) is 3.91. The average molecular weight is 247 g/mol. The van der Waals surface area contributed by atoms with Crippen LogP contribution in [0.1, 0.15) is 53.1 Å². The normalized spacial score (nSPS) is 22.5. The molecule has 1 aliphatic rings. The number of hydrogen-bond acceptors (Lipinski definition) is 2. The Balaban J connectivity index is 2.62. The molecule has 2 N–H and O–H groups in total. The topological polar surface area (TPSA) is 35.2 Å². The minimum Gasteiger partial charge on any atom is -0.484 e. The van der Waals surface area contributed by atoms with Crippen LogP contribution in [0.4, 0.5) is 0 Å². The van der Waals surface area contributed by atoms with Gasteiger partial charge < -0.3 is 10.5 Å². The Bertz CT molecular complexity index is 437. The molecule has 1 aromatic rings. The van der Waals surface area contributed by atoms with Crippen LogP contribution in [0, 0.1) is 10.8 Å². The second-order valence-corrected chi connectivity index (χ2v) is 7.35. The zero-order valence-corrected chi connectivity index (χ0v) is 12.4. The molecule has 0 aliphatic carbocycles. The molecule has 1 aliphatic heterocycles. The van der Waals surface area contributed by atoms with Crippen LogP contribution < -0.4 is 10.5 Å². The van der Waals surface area contributed by atoms with Crippen LogP contribution in [0.3, 0.4) is 0 Å². The number of fused-ring (bicyclic) bond motifs is 1. The van der Waals surface area contributed by atoms with Crippen LogP contribution in [-0.2, 0) is 0 Å². The molecule has 2 heteroatoms. The van der Waals surface area contributed by atoms with Crippen molar-refractivity contribution in [1.82, 2.24) is 0 Å². The van der Waals surface area contributed by atoms with Gasteiger partial charge in [-0.15, -0.1) is 0 Å². The second kappa shape index (κ2) is 3.74. The Labute approximate surface area is 111 Å². The minimum atomic E-state index is -0.385. The molecule has 1 aromatic carbocycles. The number of benzene rings is 1. The monoisotopic (exact) mass is 247 g/mol. The summed E-state index contributed by atoms with van der Waals surface area (Å²) in [5.41, 5.74) is 7.24. The standard InChI is InChI=1S/C16H25NO/c1-14(2,3)16(15(4,5)6)13(17)11-9-7-8-10-12(11)18-16/h7-10,13H,17H2,1-6H3/t13-/m1/s1. The lowest BCUT2D eigenvalue weighted by Gasteiger charge is -2.52. The van der Waals surface area contributed by atoms with E-state index in [1.54, 1.807) is 0 Å². The maximum atomic E-state index is 6.57. The van der Waals surface area contributed by atoms with Gasteiger partial charge in [-0.25, -0.2) is 0 Å². The molecule has 0 amide bonds. The largest absolute Gasteiger partial charge is 0.484 e. The van der Waals surface area contributed by atoms with Crippen LogP contribution in [0.5, 0.6) is 5.75 Å². The first kappa shape index (κ1) is 13.4. The molecule has 0 spiro atoms. The van der Waals surface area contributed by atoms with Crippen LogP contribution in [-0.4, -0.2) is 5.60 Å². The van der Waals surface area contributed by atoms with Crippen molar-refractivity contribution >= 4 is 0 Å². The summed E-state index contributed by atoms with van der Waals surface area (Å²) in [6, 6.07) is 8.05. The summed E-state index contributed by atoms with van der Waals surface area (Å²) >= 11 is 0. The SMILES string of the molecule is CC(C)(C)C1(C(C)(C)C)Oc2ccccc2[C@H]1N. The molecule has 0 saturated heterocycles. The van der Waals surface area contributed by atoms with Gasteiger partial charge in [0.2, 0.25) is 0 Å². The Kier molecular flexibility index (Phi) is 2.78. The summed E-state index contributed by atoms with van der Waals surface area (Å²) in [7, 11) is 0. The average Bonchev–Trinajstić information content (AvgIpc) is 2.52. The van der Waals surface area contributed by atoms with E-state index >= 15 is 0 Å². The number of para-hydroxylation sites is 1. The van der Waals surface area contributed by atoms with Gasteiger partial charge in [-0.1, -0.05) is 59.7 Å². The summed E-state index contributed by atoms with van der Waals surface area (Å²) < 4.78 is 6.41. The lowest BCUT2D eigenvalue weighted by molar-refractivity contribution is -0.116. The van der Waals surface area contributed by atoms with Crippen LogP contribution in [0.25, 0.3) is 0 Å². The molecule has 0 fully saturated rings. The predicted molar refractivity (Wildman–Crippen MR) is 75.6 cm³/mol. The van der Waals surface area contributed by atoms with E-state index in [1.807, 2.05) is 18.2 Å². The molecule has 0 radical (unpaired) electrons. The Morgan fingerprint density at radius 1 is 1.00 bits per heavy atom. The zero-order valence-electron chi connectivity index (χ0n) is 12.4. The van der Waals surface area contributed by atoms with Gasteiger partial charge in [-0.2, -0.15) is 0 Å². The summed E-state index contributed by atoms with van der Waals surface area (Å²) in [4.78, 5) is 0. The molecule has 100 valence electrons. The number of rotatable bonds is 0. The number of ether oxygens (including phenoxy) is 1. The van der Waals surface area contributed by atoms with Crippen molar-refractivity contribution < 1.29 is 4.74 Å². The van der Waals surface area contributed by atoms with Crippen molar-refractivity contribution in [3.05, 3.63) is 29.8 Å². The number of hydrogen-bond donors (Lipinski definition) is 1. The fourth-order valence-corrected chi connectivity index (χ4v) is 3.65. The molecule has 0 aromatic heterocycles. The Morgan fingerprint density at radius 3 is 1.94 bits per heavy atom. The van der Waals surface area contributed by atoms with E-state index < -0.39 is 0 Å². The van der Waals surface area contributed by atoms with Crippen molar-refractivity contribution in [3.8, 4) is 5.75 Å². The lowest BCUT2D eigenvalue weighted by Crippen LogP contribution is -2.60. The smallest absolute Gasteiger partial charge is 0.138 e. The molecule has 18 heavy (non-hydrogen) atoms. The molecular formula is C16H25NO. The first-order valence-corrected chi connectivity index (χ1v) is 6.65. The van der Waals surface area contributed by atoms with Gasteiger partial charge in [0.1, 0.15) is 11.4 Å². The Hall–Kier alpha value is -1.02. The summed E-state index contributed by atoms with van der Waals surface area (Å²) in [6.07, 6.45) is 0. The Morgan fingerprint density at radius 2 is 1.50 bits per heavy atom. The molecular weight excluding hydrogens is 222 g/mol. The van der Waals surface area contributed by atoms with Gasteiger partial charge in [-0.05, 0) is 6.07 Å². The van der Waals surface area contributed by atoms with E-state index in [0.717, 1.165) is 11.3 Å². The maximum Gasteiger partial charge on any atom is 0.138 e. The van der Waals surface area contributed by atoms with Crippen LogP contribution in [0.15, 0.2) is 24.3 Å². The van der Waals surface area contributed by atoms with Crippen LogP contribution in [0.2, 0.25) is 0 Å². The quantitative estimate of drug-likeness (QED) is 0.754. The fourth-order valence-electron chi connectivity index (χ4n) is 3.65.